The Morgan fingerprint density at radius 2 is 2.06 bits per heavy atom. The molecule has 0 fully saturated rings. The van der Waals surface area contributed by atoms with Crippen molar-refractivity contribution in [3.63, 3.8) is 0 Å². The van der Waals surface area contributed by atoms with E-state index in [0.717, 1.165) is 30.8 Å². The van der Waals surface area contributed by atoms with Gasteiger partial charge in [0.05, 0.1) is 6.61 Å². The third-order valence-electron chi connectivity index (χ3n) is 3.23. The van der Waals surface area contributed by atoms with Crippen LogP contribution < -0.4 is 10.5 Å². The number of fused-ring (bicyclic) bond motifs is 1. The van der Waals surface area contributed by atoms with Gasteiger partial charge in [0, 0.05) is 11.6 Å². The van der Waals surface area contributed by atoms with Gasteiger partial charge in [0.1, 0.15) is 5.75 Å². The van der Waals surface area contributed by atoms with Gasteiger partial charge < -0.3 is 10.5 Å². The minimum Gasteiger partial charge on any atom is -0.493 e. The number of hydrogen-bond acceptors (Lipinski definition) is 2. The average molecular weight is 219 g/mol. The standard InChI is InChI=1S/C14H21NO/c1-14(2,3)13(15)11-8-4-6-10-7-5-9-16-12(10)11/h4,6,8,13H,5,7,9,15H2,1-3H3. The molecule has 88 valence electrons. The molecule has 1 aliphatic rings. The number of aryl methyl sites for hydroxylation is 1. The van der Waals surface area contributed by atoms with E-state index in [1.54, 1.807) is 0 Å². The maximum absolute atomic E-state index is 6.32. The lowest BCUT2D eigenvalue weighted by molar-refractivity contribution is 0.268. The topological polar surface area (TPSA) is 35.2 Å². The molecule has 0 bridgehead atoms. The number of benzene rings is 1. The quantitative estimate of drug-likeness (QED) is 0.788. The molecule has 0 amide bonds. The summed E-state index contributed by atoms with van der Waals surface area (Å²) in [6.07, 6.45) is 2.22. The summed E-state index contributed by atoms with van der Waals surface area (Å²) in [6.45, 7) is 7.32. The predicted molar refractivity (Wildman–Crippen MR) is 66.6 cm³/mol. The minimum atomic E-state index is 0.0283. The molecule has 2 heteroatoms. The van der Waals surface area contributed by atoms with Crippen molar-refractivity contribution in [2.75, 3.05) is 6.61 Å². The maximum Gasteiger partial charge on any atom is 0.127 e. The van der Waals surface area contributed by atoms with Crippen molar-refractivity contribution in [1.29, 1.82) is 0 Å². The fourth-order valence-corrected chi connectivity index (χ4v) is 2.13. The molecular weight excluding hydrogens is 198 g/mol. The number of rotatable bonds is 1. The van der Waals surface area contributed by atoms with Crippen molar-refractivity contribution in [2.24, 2.45) is 11.1 Å². The summed E-state index contributed by atoms with van der Waals surface area (Å²) in [7, 11) is 0. The molecule has 1 unspecified atom stereocenters. The van der Waals surface area contributed by atoms with Crippen molar-refractivity contribution in [2.45, 2.75) is 39.7 Å². The normalized spacial score (nSPS) is 17.5. The molecule has 0 spiro atoms. The molecule has 0 aromatic heterocycles. The highest BCUT2D eigenvalue weighted by molar-refractivity contribution is 5.44. The molecule has 1 heterocycles. The zero-order chi connectivity index (χ0) is 11.8. The second-order valence-corrected chi connectivity index (χ2v) is 5.63. The Balaban J connectivity index is 2.41. The van der Waals surface area contributed by atoms with Crippen molar-refractivity contribution < 1.29 is 4.74 Å². The van der Waals surface area contributed by atoms with Crippen molar-refractivity contribution in [1.82, 2.24) is 0 Å². The van der Waals surface area contributed by atoms with Gasteiger partial charge in [-0.1, -0.05) is 39.0 Å². The van der Waals surface area contributed by atoms with Gasteiger partial charge in [0.2, 0.25) is 0 Å². The van der Waals surface area contributed by atoms with Crippen molar-refractivity contribution in [3.8, 4) is 5.75 Å². The van der Waals surface area contributed by atoms with E-state index in [-0.39, 0.29) is 11.5 Å². The zero-order valence-corrected chi connectivity index (χ0v) is 10.4. The Morgan fingerprint density at radius 1 is 1.31 bits per heavy atom. The third-order valence-corrected chi connectivity index (χ3v) is 3.23. The number of hydrogen-bond donors (Lipinski definition) is 1. The van der Waals surface area contributed by atoms with E-state index in [0.29, 0.717) is 0 Å². The Kier molecular flexibility index (Phi) is 2.94. The lowest BCUT2D eigenvalue weighted by atomic mass is 9.82. The first kappa shape index (κ1) is 11.5. The van der Waals surface area contributed by atoms with Gasteiger partial charge in [-0.15, -0.1) is 0 Å². The highest BCUT2D eigenvalue weighted by Gasteiger charge is 2.27. The molecular formula is C14H21NO. The van der Waals surface area contributed by atoms with Gasteiger partial charge in [0.25, 0.3) is 0 Å². The Morgan fingerprint density at radius 3 is 2.75 bits per heavy atom. The van der Waals surface area contributed by atoms with E-state index >= 15 is 0 Å². The van der Waals surface area contributed by atoms with Crippen LogP contribution in [0.1, 0.15) is 44.4 Å². The lowest BCUT2D eigenvalue weighted by Gasteiger charge is -2.30. The van der Waals surface area contributed by atoms with Crippen LogP contribution in [0.4, 0.5) is 0 Å². The second kappa shape index (κ2) is 4.10. The van der Waals surface area contributed by atoms with Crippen LogP contribution in [-0.4, -0.2) is 6.61 Å². The summed E-state index contributed by atoms with van der Waals surface area (Å²) in [4.78, 5) is 0. The van der Waals surface area contributed by atoms with Gasteiger partial charge in [-0.05, 0) is 23.8 Å². The fraction of sp³-hybridized carbons (Fsp3) is 0.571. The molecule has 0 radical (unpaired) electrons. The number of para-hydroxylation sites is 1. The zero-order valence-electron chi connectivity index (χ0n) is 10.4. The first-order valence-corrected chi connectivity index (χ1v) is 6.00. The maximum atomic E-state index is 6.32. The molecule has 2 N–H and O–H groups in total. The monoisotopic (exact) mass is 219 g/mol. The summed E-state index contributed by atoms with van der Waals surface area (Å²) >= 11 is 0. The smallest absolute Gasteiger partial charge is 0.127 e. The summed E-state index contributed by atoms with van der Waals surface area (Å²) < 4.78 is 5.79. The molecule has 1 aromatic carbocycles. The summed E-state index contributed by atoms with van der Waals surface area (Å²) in [5.41, 5.74) is 8.85. The van der Waals surface area contributed by atoms with Crippen LogP contribution in [0.25, 0.3) is 0 Å². The Bertz CT molecular complexity index is 379. The van der Waals surface area contributed by atoms with Crippen molar-refractivity contribution in [3.05, 3.63) is 29.3 Å². The predicted octanol–water partition coefficient (Wildman–Crippen LogP) is 3.06. The molecule has 1 aliphatic heterocycles. The van der Waals surface area contributed by atoms with Crippen molar-refractivity contribution >= 4 is 0 Å². The first-order chi connectivity index (χ1) is 7.50. The van der Waals surface area contributed by atoms with Crippen LogP contribution in [0.15, 0.2) is 18.2 Å². The average Bonchev–Trinajstić information content (AvgIpc) is 2.26. The second-order valence-electron chi connectivity index (χ2n) is 5.63. The Labute approximate surface area is 97.8 Å². The van der Waals surface area contributed by atoms with Gasteiger partial charge in [0.15, 0.2) is 0 Å². The fourth-order valence-electron chi connectivity index (χ4n) is 2.13. The highest BCUT2D eigenvalue weighted by Crippen LogP contribution is 2.38. The van der Waals surface area contributed by atoms with E-state index in [1.165, 1.54) is 5.56 Å². The third kappa shape index (κ3) is 2.07. The first-order valence-electron chi connectivity index (χ1n) is 6.00. The van der Waals surface area contributed by atoms with Crippen LogP contribution in [-0.2, 0) is 6.42 Å². The molecule has 16 heavy (non-hydrogen) atoms. The summed E-state index contributed by atoms with van der Waals surface area (Å²) in [6, 6.07) is 6.36. The molecule has 1 atom stereocenters. The van der Waals surface area contributed by atoms with Crippen LogP contribution in [0, 0.1) is 5.41 Å². The Hall–Kier alpha value is -1.02. The van der Waals surface area contributed by atoms with E-state index in [9.17, 15) is 0 Å². The summed E-state index contributed by atoms with van der Waals surface area (Å²) in [5, 5.41) is 0. The minimum absolute atomic E-state index is 0.0283. The molecule has 2 nitrogen and oxygen atoms in total. The van der Waals surface area contributed by atoms with Crippen LogP contribution in [0.5, 0.6) is 5.75 Å². The number of nitrogens with two attached hydrogens (primary N) is 1. The molecule has 1 aromatic rings. The van der Waals surface area contributed by atoms with Crippen LogP contribution >= 0.6 is 0 Å². The van der Waals surface area contributed by atoms with Gasteiger partial charge in [-0.25, -0.2) is 0 Å². The van der Waals surface area contributed by atoms with Crippen LogP contribution in [0.3, 0.4) is 0 Å². The van der Waals surface area contributed by atoms with E-state index in [4.69, 9.17) is 10.5 Å². The van der Waals surface area contributed by atoms with E-state index in [2.05, 4.69) is 39.0 Å². The van der Waals surface area contributed by atoms with Gasteiger partial charge in [-0.3, -0.25) is 0 Å². The summed E-state index contributed by atoms with van der Waals surface area (Å²) in [5.74, 6) is 1.04. The van der Waals surface area contributed by atoms with E-state index in [1.807, 2.05) is 0 Å². The molecule has 2 rings (SSSR count). The SMILES string of the molecule is CC(C)(C)C(N)c1cccc2c1OCCC2. The molecule has 0 aliphatic carbocycles. The molecule has 0 saturated heterocycles. The molecule has 0 saturated carbocycles. The van der Waals surface area contributed by atoms with E-state index < -0.39 is 0 Å². The highest BCUT2D eigenvalue weighted by atomic mass is 16.5. The van der Waals surface area contributed by atoms with Gasteiger partial charge >= 0.3 is 0 Å². The lowest BCUT2D eigenvalue weighted by Crippen LogP contribution is -2.27. The van der Waals surface area contributed by atoms with Gasteiger partial charge in [-0.2, -0.15) is 0 Å². The largest absolute Gasteiger partial charge is 0.493 e. The van der Waals surface area contributed by atoms with Crippen LogP contribution in [0.2, 0.25) is 0 Å². The number of ether oxygens (including phenoxy) is 1.